The van der Waals surface area contributed by atoms with Crippen LogP contribution in [-0.4, -0.2) is 9.38 Å². The smallest absolute Gasteiger partial charge is 0.306 e. The number of rotatable bonds is 1. The van der Waals surface area contributed by atoms with E-state index in [1.165, 1.54) is 18.5 Å². The maximum atomic E-state index is 5.84. The maximum Gasteiger partial charge on any atom is 0.306 e. The summed E-state index contributed by atoms with van der Waals surface area (Å²) in [6.07, 6.45) is 6.74. The van der Waals surface area contributed by atoms with Gasteiger partial charge in [-0.3, -0.25) is 4.40 Å². The monoisotopic (exact) mass is 238 g/mol. The summed E-state index contributed by atoms with van der Waals surface area (Å²) in [5.74, 6) is 1.86. The largest absolute Gasteiger partial charge is 0.428 e. The van der Waals surface area contributed by atoms with Crippen LogP contribution in [0.2, 0.25) is 0 Å². The summed E-state index contributed by atoms with van der Waals surface area (Å²) in [5.41, 5.74) is 3.44. The SMILES string of the molecule is c1ccc(-c2cn3c4c(oc3n2)CCCC4)cc1. The van der Waals surface area contributed by atoms with Crippen molar-refractivity contribution in [3.8, 4) is 11.3 Å². The minimum Gasteiger partial charge on any atom is -0.428 e. The van der Waals surface area contributed by atoms with E-state index < -0.39 is 0 Å². The number of aromatic nitrogens is 2. The lowest BCUT2D eigenvalue weighted by atomic mass is 10.0. The Bertz CT molecular complexity index is 694. The Hall–Kier alpha value is -2.03. The van der Waals surface area contributed by atoms with Gasteiger partial charge in [0.15, 0.2) is 0 Å². The predicted molar refractivity (Wildman–Crippen MR) is 69.5 cm³/mol. The van der Waals surface area contributed by atoms with Gasteiger partial charge < -0.3 is 4.42 Å². The van der Waals surface area contributed by atoms with Crippen LogP contribution in [-0.2, 0) is 12.8 Å². The van der Waals surface area contributed by atoms with Gasteiger partial charge in [0.05, 0.1) is 11.4 Å². The van der Waals surface area contributed by atoms with Crippen LogP contribution in [0.5, 0.6) is 0 Å². The zero-order valence-corrected chi connectivity index (χ0v) is 10.1. The number of hydrogen-bond acceptors (Lipinski definition) is 2. The molecule has 0 fully saturated rings. The lowest BCUT2D eigenvalue weighted by molar-refractivity contribution is 0.500. The molecule has 3 heteroatoms. The molecule has 18 heavy (non-hydrogen) atoms. The first-order valence-corrected chi connectivity index (χ1v) is 6.47. The van der Waals surface area contributed by atoms with Crippen molar-refractivity contribution < 1.29 is 4.42 Å². The Balaban J connectivity index is 1.88. The molecule has 4 rings (SSSR count). The van der Waals surface area contributed by atoms with Crippen LogP contribution >= 0.6 is 0 Å². The topological polar surface area (TPSA) is 30.4 Å². The fourth-order valence-corrected chi connectivity index (χ4v) is 2.71. The highest BCUT2D eigenvalue weighted by Crippen LogP contribution is 2.27. The molecule has 0 saturated carbocycles. The van der Waals surface area contributed by atoms with Gasteiger partial charge in [0.25, 0.3) is 0 Å². The van der Waals surface area contributed by atoms with Crippen LogP contribution in [0.1, 0.15) is 24.3 Å². The minimum atomic E-state index is 0.737. The molecular formula is C15H14N2O. The third kappa shape index (κ3) is 1.40. The lowest BCUT2D eigenvalue weighted by Crippen LogP contribution is -2.02. The second-order valence-electron chi connectivity index (χ2n) is 4.82. The van der Waals surface area contributed by atoms with Crippen molar-refractivity contribution in [2.45, 2.75) is 25.7 Å². The summed E-state index contributed by atoms with van der Waals surface area (Å²) in [5, 5.41) is 0. The molecule has 0 saturated heterocycles. The highest BCUT2D eigenvalue weighted by molar-refractivity contribution is 5.61. The third-order valence-electron chi connectivity index (χ3n) is 3.64. The van der Waals surface area contributed by atoms with Gasteiger partial charge in [-0.2, -0.15) is 4.98 Å². The Labute approximate surface area is 105 Å². The van der Waals surface area contributed by atoms with Crippen molar-refractivity contribution in [1.29, 1.82) is 0 Å². The number of aryl methyl sites for hydroxylation is 2. The fraction of sp³-hybridized carbons (Fsp3) is 0.267. The van der Waals surface area contributed by atoms with Gasteiger partial charge in [0.2, 0.25) is 0 Å². The van der Waals surface area contributed by atoms with E-state index in [-0.39, 0.29) is 0 Å². The van der Waals surface area contributed by atoms with Crippen LogP contribution < -0.4 is 0 Å². The molecule has 1 aliphatic carbocycles. The molecule has 0 radical (unpaired) electrons. The molecule has 0 unspecified atom stereocenters. The first-order chi connectivity index (χ1) is 8.92. The van der Waals surface area contributed by atoms with Gasteiger partial charge in [-0.15, -0.1) is 0 Å². The highest BCUT2D eigenvalue weighted by atomic mass is 16.4. The first kappa shape index (κ1) is 9.95. The van der Waals surface area contributed by atoms with E-state index in [1.54, 1.807) is 0 Å². The van der Waals surface area contributed by atoms with E-state index >= 15 is 0 Å². The Morgan fingerprint density at radius 2 is 1.89 bits per heavy atom. The summed E-state index contributed by atoms with van der Waals surface area (Å²) in [4.78, 5) is 4.58. The average Bonchev–Trinajstić information content (AvgIpc) is 2.97. The number of imidazole rings is 1. The summed E-state index contributed by atoms with van der Waals surface area (Å²) in [6.45, 7) is 0. The van der Waals surface area contributed by atoms with E-state index in [2.05, 4.69) is 27.7 Å². The molecular weight excluding hydrogens is 224 g/mol. The second kappa shape index (κ2) is 3.73. The molecule has 2 heterocycles. The van der Waals surface area contributed by atoms with E-state index in [9.17, 15) is 0 Å². The first-order valence-electron chi connectivity index (χ1n) is 6.47. The van der Waals surface area contributed by atoms with E-state index in [1.807, 2.05) is 18.2 Å². The highest BCUT2D eigenvalue weighted by Gasteiger charge is 2.19. The molecule has 0 atom stereocenters. The van der Waals surface area contributed by atoms with Crippen LogP contribution in [0.25, 0.3) is 17.1 Å². The molecule has 3 nitrogen and oxygen atoms in total. The Morgan fingerprint density at radius 3 is 2.78 bits per heavy atom. The number of hydrogen-bond donors (Lipinski definition) is 0. The standard InChI is InChI=1S/C15H14N2O/c1-2-6-11(7-3-1)12-10-17-13-8-4-5-9-14(13)18-15(17)16-12/h1-3,6-7,10H,4-5,8-9H2. The fourth-order valence-electron chi connectivity index (χ4n) is 2.71. The molecule has 0 bridgehead atoms. The van der Waals surface area contributed by atoms with E-state index in [4.69, 9.17) is 4.42 Å². The summed E-state index contributed by atoms with van der Waals surface area (Å²) in [7, 11) is 0. The third-order valence-corrected chi connectivity index (χ3v) is 3.64. The van der Waals surface area contributed by atoms with Gasteiger partial charge >= 0.3 is 5.84 Å². The van der Waals surface area contributed by atoms with Crippen LogP contribution in [0.3, 0.4) is 0 Å². The molecule has 90 valence electrons. The normalized spacial score (nSPS) is 14.9. The molecule has 1 aromatic carbocycles. The Morgan fingerprint density at radius 1 is 1.06 bits per heavy atom. The molecule has 2 aromatic heterocycles. The molecule has 0 spiro atoms. The van der Waals surface area contributed by atoms with Gasteiger partial charge in [-0.25, -0.2) is 0 Å². The zero-order chi connectivity index (χ0) is 11.9. The van der Waals surface area contributed by atoms with Gasteiger partial charge in [0, 0.05) is 18.2 Å². The lowest BCUT2D eigenvalue weighted by Gasteiger charge is -2.08. The van der Waals surface area contributed by atoms with Crippen molar-refractivity contribution in [2.75, 3.05) is 0 Å². The van der Waals surface area contributed by atoms with Gasteiger partial charge in [-0.1, -0.05) is 30.3 Å². The summed E-state index contributed by atoms with van der Waals surface area (Å²) in [6, 6.07) is 10.2. The zero-order valence-electron chi connectivity index (χ0n) is 10.1. The summed E-state index contributed by atoms with van der Waals surface area (Å²) >= 11 is 0. The maximum absolute atomic E-state index is 5.84. The minimum absolute atomic E-state index is 0.737. The van der Waals surface area contributed by atoms with Gasteiger partial charge in [-0.05, 0) is 19.3 Å². The van der Waals surface area contributed by atoms with Crippen LogP contribution in [0, 0.1) is 0 Å². The van der Waals surface area contributed by atoms with Crippen molar-refractivity contribution in [3.05, 3.63) is 48.0 Å². The van der Waals surface area contributed by atoms with Crippen LogP contribution in [0.4, 0.5) is 0 Å². The van der Waals surface area contributed by atoms with Crippen molar-refractivity contribution >= 4 is 5.84 Å². The predicted octanol–water partition coefficient (Wildman–Crippen LogP) is 3.47. The quantitative estimate of drug-likeness (QED) is 0.649. The molecule has 1 aliphatic rings. The van der Waals surface area contributed by atoms with E-state index in [0.29, 0.717) is 0 Å². The average molecular weight is 238 g/mol. The van der Waals surface area contributed by atoms with Crippen molar-refractivity contribution in [1.82, 2.24) is 9.38 Å². The number of fused-ring (bicyclic) bond motifs is 3. The van der Waals surface area contributed by atoms with Crippen molar-refractivity contribution in [2.24, 2.45) is 0 Å². The molecule has 0 amide bonds. The second-order valence-corrected chi connectivity index (χ2v) is 4.82. The molecule has 0 N–H and O–H groups in total. The molecule has 3 aromatic rings. The number of nitrogens with zero attached hydrogens (tertiary/aromatic N) is 2. The summed E-state index contributed by atoms with van der Waals surface area (Å²) < 4.78 is 7.97. The van der Waals surface area contributed by atoms with Crippen molar-refractivity contribution in [3.63, 3.8) is 0 Å². The van der Waals surface area contributed by atoms with Gasteiger partial charge in [0.1, 0.15) is 5.76 Å². The number of benzene rings is 1. The molecule has 0 aliphatic heterocycles. The van der Waals surface area contributed by atoms with E-state index in [0.717, 1.165) is 35.7 Å². The van der Waals surface area contributed by atoms with Crippen LogP contribution in [0.15, 0.2) is 40.9 Å². The Kier molecular flexibility index (Phi) is 2.06. The number of oxazole rings is 1.